The minimum absolute atomic E-state index is 0.190. The van der Waals surface area contributed by atoms with Crippen LogP contribution in [0.2, 0.25) is 0 Å². The van der Waals surface area contributed by atoms with Gasteiger partial charge in [0.15, 0.2) is 5.82 Å². The summed E-state index contributed by atoms with van der Waals surface area (Å²) in [4.78, 5) is 12.0. The highest BCUT2D eigenvalue weighted by atomic mass is 16.2. The molecule has 100 valence electrons. The van der Waals surface area contributed by atoms with Crippen LogP contribution in [-0.4, -0.2) is 25.9 Å². The quantitative estimate of drug-likeness (QED) is 0.885. The van der Waals surface area contributed by atoms with Crippen LogP contribution in [0.3, 0.4) is 0 Å². The molecule has 6 nitrogen and oxygen atoms in total. The number of nitrogens with one attached hydrogen (secondary N) is 2. The van der Waals surface area contributed by atoms with Crippen molar-refractivity contribution >= 4 is 11.7 Å². The van der Waals surface area contributed by atoms with E-state index in [0.717, 1.165) is 5.69 Å². The van der Waals surface area contributed by atoms with Crippen LogP contribution in [0.5, 0.6) is 0 Å². The monoisotopic (exact) mass is 259 g/mol. The van der Waals surface area contributed by atoms with Crippen molar-refractivity contribution < 1.29 is 4.79 Å². The van der Waals surface area contributed by atoms with Crippen LogP contribution in [0.25, 0.3) is 0 Å². The van der Waals surface area contributed by atoms with Crippen molar-refractivity contribution in [1.29, 1.82) is 0 Å². The number of carbonyl (C=O) groups is 1. The van der Waals surface area contributed by atoms with Gasteiger partial charge in [-0.15, -0.1) is 0 Å². The SMILES string of the molecule is Cn1nccc1C(=O)Nc1cc(C2CCCC2)[nH]n1. The zero-order chi connectivity index (χ0) is 13.2. The zero-order valence-corrected chi connectivity index (χ0v) is 10.9. The molecule has 0 atom stereocenters. The second-order valence-electron chi connectivity index (χ2n) is 4.98. The predicted octanol–water partition coefficient (Wildman–Crippen LogP) is 2.05. The van der Waals surface area contributed by atoms with Gasteiger partial charge in [0.25, 0.3) is 5.91 Å². The average molecular weight is 259 g/mol. The van der Waals surface area contributed by atoms with Gasteiger partial charge in [-0.1, -0.05) is 12.8 Å². The number of aromatic amines is 1. The first-order valence-electron chi connectivity index (χ1n) is 6.58. The molecule has 1 saturated carbocycles. The van der Waals surface area contributed by atoms with E-state index in [1.807, 2.05) is 6.07 Å². The number of anilines is 1. The Bertz CT molecular complexity index is 579. The first kappa shape index (κ1) is 12.0. The number of nitrogens with zero attached hydrogens (tertiary/aromatic N) is 3. The molecule has 0 aliphatic heterocycles. The number of amides is 1. The molecule has 2 aromatic rings. The normalized spacial score (nSPS) is 15.8. The van der Waals surface area contributed by atoms with Gasteiger partial charge < -0.3 is 5.32 Å². The molecule has 19 heavy (non-hydrogen) atoms. The lowest BCUT2D eigenvalue weighted by atomic mass is 10.0. The standard InChI is InChI=1S/C13H17N5O/c1-18-11(6-7-14-18)13(19)15-12-8-10(16-17-12)9-4-2-3-5-9/h6-9H,2-5H2,1H3,(H2,15,16,17,19). The van der Waals surface area contributed by atoms with Gasteiger partial charge in [0.05, 0.1) is 0 Å². The number of rotatable bonds is 3. The third kappa shape index (κ3) is 2.38. The fraction of sp³-hybridized carbons (Fsp3) is 0.462. The Morgan fingerprint density at radius 2 is 2.26 bits per heavy atom. The summed E-state index contributed by atoms with van der Waals surface area (Å²) in [6.07, 6.45) is 6.57. The van der Waals surface area contributed by atoms with Crippen LogP contribution in [0.4, 0.5) is 5.82 Å². The molecule has 0 saturated heterocycles. The summed E-state index contributed by atoms with van der Waals surface area (Å²) in [7, 11) is 1.74. The van der Waals surface area contributed by atoms with E-state index in [0.29, 0.717) is 17.4 Å². The molecule has 2 N–H and O–H groups in total. The van der Waals surface area contributed by atoms with Crippen LogP contribution >= 0.6 is 0 Å². The van der Waals surface area contributed by atoms with Crippen molar-refractivity contribution in [3.05, 3.63) is 29.7 Å². The molecule has 2 aromatic heterocycles. The van der Waals surface area contributed by atoms with Crippen LogP contribution in [0, 0.1) is 0 Å². The van der Waals surface area contributed by atoms with E-state index in [2.05, 4.69) is 20.6 Å². The first-order valence-corrected chi connectivity index (χ1v) is 6.58. The van der Waals surface area contributed by atoms with E-state index in [1.54, 1.807) is 24.0 Å². The highest BCUT2D eigenvalue weighted by molar-refractivity contribution is 6.02. The molecule has 0 radical (unpaired) electrons. The molecule has 0 spiro atoms. The van der Waals surface area contributed by atoms with Gasteiger partial charge >= 0.3 is 0 Å². The van der Waals surface area contributed by atoms with Crippen LogP contribution < -0.4 is 5.32 Å². The van der Waals surface area contributed by atoms with E-state index >= 15 is 0 Å². The Labute approximate surface area is 111 Å². The Hall–Kier alpha value is -2.11. The molecule has 1 aliphatic rings. The van der Waals surface area contributed by atoms with E-state index in [9.17, 15) is 4.79 Å². The fourth-order valence-electron chi connectivity index (χ4n) is 2.62. The predicted molar refractivity (Wildman–Crippen MR) is 71.0 cm³/mol. The van der Waals surface area contributed by atoms with E-state index in [1.165, 1.54) is 25.7 Å². The summed E-state index contributed by atoms with van der Waals surface area (Å²) in [5.74, 6) is 0.951. The lowest BCUT2D eigenvalue weighted by Gasteiger charge is -2.03. The van der Waals surface area contributed by atoms with Crippen molar-refractivity contribution in [3.8, 4) is 0 Å². The Kier molecular flexibility index (Phi) is 3.06. The number of hydrogen-bond acceptors (Lipinski definition) is 3. The lowest BCUT2D eigenvalue weighted by Crippen LogP contribution is -2.16. The second-order valence-corrected chi connectivity index (χ2v) is 4.98. The molecular formula is C13H17N5O. The highest BCUT2D eigenvalue weighted by Gasteiger charge is 2.20. The number of carbonyl (C=O) groups excluding carboxylic acids is 1. The number of aromatic nitrogens is 4. The molecule has 1 fully saturated rings. The molecule has 1 aliphatic carbocycles. The van der Waals surface area contributed by atoms with Crippen molar-refractivity contribution in [2.24, 2.45) is 7.05 Å². The number of hydrogen-bond donors (Lipinski definition) is 2. The average Bonchev–Trinajstić information content (AvgIpc) is 3.07. The summed E-state index contributed by atoms with van der Waals surface area (Å²) in [5.41, 5.74) is 1.64. The van der Waals surface area contributed by atoms with Gasteiger partial charge in [0.2, 0.25) is 0 Å². The summed E-state index contributed by atoms with van der Waals surface area (Å²) >= 11 is 0. The molecule has 0 unspecified atom stereocenters. The Morgan fingerprint density at radius 3 is 2.95 bits per heavy atom. The molecule has 1 amide bonds. The number of H-pyrrole nitrogens is 1. The van der Waals surface area contributed by atoms with Gasteiger partial charge in [-0.2, -0.15) is 10.2 Å². The third-order valence-corrected chi connectivity index (χ3v) is 3.69. The second kappa shape index (κ2) is 4.87. The van der Waals surface area contributed by atoms with Crippen molar-refractivity contribution in [2.75, 3.05) is 5.32 Å². The molecular weight excluding hydrogens is 242 g/mol. The fourth-order valence-corrected chi connectivity index (χ4v) is 2.62. The molecule has 2 heterocycles. The van der Waals surface area contributed by atoms with Crippen LogP contribution in [0.15, 0.2) is 18.3 Å². The Morgan fingerprint density at radius 1 is 1.47 bits per heavy atom. The molecule has 0 bridgehead atoms. The van der Waals surface area contributed by atoms with Crippen LogP contribution in [-0.2, 0) is 7.05 Å². The van der Waals surface area contributed by atoms with Crippen LogP contribution in [0.1, 0.15) is 47.8 Å². The minimum Gasteiger partial charge on any atom is -0.304 e. The van der Waals surface area contributed by atoms with Crippen molar-refractivity contribution in [2.45, 2.75) is 31.6 Å². The lowest BCUT2D eigenvalue weighted by molar-refractivity contribution is 0.101. The van der Waals surface area contributed by atoms with Gasteiger partial charge in [-0.05, 0) is 18.9 Å². The van der Waals surface area contributed by atoms with Crippen molar-refractivity contribution in [3.63, 3.8) is 0 Å². The minimum atomic E-state index is -0.190. The highest BCUT2D eigenvalue weighted by Crippen LogP contribution is 2.33. The van der Waals surface area contributed by atoms with Crippen molar-refractivity contribution in [1.82, 2.24) is 20.0 Å². The number of aryl methyl sites for hydroxylation is 1. The summed E-state index contributed by atoms with van der Waals surface area (Å²) in [6, 6.07) is 3.62. The topological polar surface area (TPSA) is 75.6 Å². The summed E-state index contributed by atoms with van der Waals surface area (Å²) in [6.45, 7) is 0. The largest absolute Gasteiger partial charge is 0.304 e. The molecule has 3 rings (SSSR count). The maximum Gasteiger partial charge on any atom is 0.275 e. The summed E-state index contributed by atoms with van der Waals surface area (Å²) in [5, 5.41) is 13.9. The maximum absolute atomic E-state index is 12.0. The zero-order valence-electron chi connectivity index (χ0n) is 10.9. The van der Waals surface area contributed by atoms with E-state index in [-0.39, 0.29) is 5.91 Å². The van der Waals surface area contributed by atoms with Gasteiger partial charge in [0, 0.05) is 30.9 Å². The summed E-state index contributed by atoms with van der Waals surface area (Å²) < 4.78 is 1.54. The molecule has 6 heteroatoms. The maximum atomic E-state index is 12.0. The smallest absolute Gasteiger partial charge is 0.275 e. The van der Waals surface area contributed by atoms with Gasteiger partial charge in [0.1, 0.15) is 5.69 Å². The van der Waals surface area contributed by atoms with E-state index < -0.39 is 0 Å². The van der Waals surface area contributed by atoms with Gasteiger partial charge in [-0.3, -0.25) is 14.6 Å². The van der Waals surface area contributed by atoms with Gasteiger partial charge in [-0.25, -0.2) is 0 Å². The van der Waals surface area contributed by atoms with E-state index in [4.69, 9.17) is 0 Å². The molecule has 0 aromatic carbocycles. The first-order chi connectivity index (χ1) is 9.24. The Balaban J connectivity index is 1.70. The third-order valence-electron chi connectivity index (χ3n) is 3.69.